The Kier molecular flexibility index (Phi) is 8.29. The molecule has 1 rings (SSSR count). The number of benzene rings is 1. The molecule has 0 saturated heterocycles. The van der Waals surface area contributed by atoms with Crippen LogP contribution in [0.1, 0.15) is 12.0 Å². The molecule has 0 bridgehead atoms. The van der Waals surface area contributed by atoms with E-state index >= 15 is 0 Å². The number of carbonyl (C=O) groups is 1. The summed E-state index contributed by atoms with van der Waals surface area (Å²) < 4.78 is 0. The second-order valence-electron chi connectivity index (χ2n) is 3.24. The molecule has 0 saturated carbocycles. The molecule has 0 atom stereocenters. The number of rotatable bonds is 5. The monoisotopic (exact) mass is 243 g/mol. The molecule has 5 heteroatoms. The van der Waals surface area contributed by atoms with Crippen LogP contribution in [-0.4, -0.2) is 19.1 Å². The third-order valence-electron chi connectivity index (χ3n) is 1.96. The third-order valence-corrected chi connectivity index (χ3v) is 1.96. The number of nitrogens with one attached hydrogen (secondary N) is 2. The average molecular weight is 244 g/mol. The SMILES string of the molecule is Cl.NCCCNC(=O)NCc1ccccc1. The van der Waals surface area contributed by atoms with Crippen LogP contribution in [0.25, 0.3) is 0 Å². The number of urea groups is 1. The zero-order valence-electron chi connectivity index (χ0n) is 9.11. The highest BCUT2D eigenvalue weighted by Gasteiger charge is 1.98. The van der Waals surface area contributed by atoms with Crippen molar-refractivity contribution < 1.29 is 4.79 Å². The molecule has 0 unspecified atom stereocenters. The van der Waals surface area contributed by atoms with E-state index in [-0.39, 0.29) is 18.4 Å². The summed E-state index contributed by atoms with van der Waals surface area (Å²) in [7, 11) is 0. The van der Waals surface area contributed by atoms with Crippen molar-refractivity contribution in [2.24, 2.45) is 5.73 Å². The highest BCUT2D eigenvalue weighted by Crippen LogP contribution is 1.96. The summed E-state index contributed by atoms with van der Waals surface area (Å²) in [6, 6.07) is 9.64. The normalized spacial score (nSPS) is 9.06. The van der Waals surface area contributed by atoms with Gasteiger partial charge in [-0.05, 0) is 18.5 Å². The van der Waals surface area contributed by atoms with Gasteiger partial charge >= 0.3 is 6.03 Å². The van der Waals surface area contributed by atoms with Gasteiger partial charge in [-0.15, -0.1) is 12.4 Å². The second-order valence-corrected chi connectivity index (χ2v) is 3.24. The molecule has 0 aliphatic rings. The maximum absolute atomic E-state index is 11.2. The summed E-state index contributed by atoms with van der Waals surface area (Å²) in [5, 5.41) is 5.49. The first-order valence-corrected chi connectivity index (χ1v) is 5.08. The van der Waals surface area contributed by atoms with Crippen LogP contribution in [0.4, 0.5) is 4.79 Å². The van der Waals surface area contributed by atoms with Gasteiger partial charge in [0.05, 0.1) is 0 Å². The molecule has 1 aromatic rings. The molecule has 0 aromatic heterocycles. The van der Waals surface area contributed by atoms with Crippen LogP contribution in [-0.2, 0) is 6.54 Å². The molecular weight excluding hydrogens is 226 g/mol. The largest absolute Gasteiger partial charge is 0.338 e. The zero-order valence-corrected chi connectivity index (χ0v) is 9.93. The van der Waals surface area contributed by atoms with Crippen LogP contribution in [0.3, 0.4) is 0 Å². The zero-order chi connectivity index (χ0) is 10.9. The fourth-order valence-electron chi connectivity index (χ4n) is 1.14. The van der Waals surface area contributed by atoms with Gasteiger partial charge in [0, 0.05) is 13.1 Å². The van der Waals surface area contributed by atoms with Crippen molar-refractivity contribution in [3.63, 3.8) is 0 Å². The van der Waals surface area contributed by atoms with E-state index in [4.69, 9.17) is 5.73 Å². The quantitative estimate of drug-likeness (QED) is 0.682. The second kappa shape index (κ2) is 9.00. The lowest BCUT2D eigenvalue weighted by atomic mass is 10.2. The molecule has 0 heterocycles. The minimum Gasteiger partial charge on any atom is -0.338 e. The van der Waals surface area contributed by atoms with Crippen molar-refractivity contribution in [1.82, 2.24) is 10.6 Å². The summed E-state index contributed by atoms with van der Waals surface area (Å²) >= 11 is 0. The van der Waals surface area contributed by atoms with E-state index < -0.39 is 0 Å². The Hall–Kier alpha value is -1.26. The van der Waals surface area contributed by atoms with Crippen molar-refractivity contribution in [2.45, 2.75) is 13.0 Å². The van der Waals surface area contributed by atoms with Gasteiger partial charge in [0.1, 0.15) is 0 Å². The first-order valence-electron chi connectivity index (χ1n) is 5.08. The van der Waals surface area contributed by atoms with Crippen LogP contribution in [0, 0.1) is 0 Å². The predicted molar refractivity (Wildman–Crippen MR) is 67.6 cm³/mol. The average Bonchev–Trinajstić information content (AvgIpc) is 2.28. The van der Waals surface area contributed by atoms with E-state index in [9.17, 15) is 4.79 Å². The lowest BCUT2D eigenvalue weighted by Crippen LogP contribution is -2.36. The van der Waals surface area contributed by atoms with Crippen molar-refractivity contribution in [1.29, 1.82) is 0 Å². The first-order chi connectivity index (χ1) is 7.33. The van der Waals surface area contributed by atoms with Crippen molar-refractivity contribution in [3.8, 4) is 0 Å². The summed E-state index contributed by atoms with van der Waals surface area (Å²) in [5.41, 5.74) is 6.40. The Morgan fingerprint density at radius 1 is 1.19 bits per heavy atom. The highest BCUT2D eigenvalue weighted by molar-refractivity contribution is 5.85. The van der Waals surface area contributed by atoms with Gasteiger partial charge in [0.15, 0.2) is 0 Å². The Bertz CT molecular complexity index is 293. The molecule has 1 aromatic carbocycles. The maximum atomic E-state index is 11.2. The topological polar surface area (TPSA) is 67.1 Å². The Balaban J connectivity index is 0.00000225. The lowest BCUT2D eigenvalue weighted by Gasteiger charge is -2.06. The third kappa shape index (κ3) is 6.27. The number of hydrogen-bond acceptors (Lipinski definition) is 2. The van der Waals surface area contributed by atoms with Gasteiger partial charge in [-0.1, -0.05) is 30.3 Å². The minimum atomic E-state index is -0.146. The Labute approximate surface area is 102 Å². The molecule has 90 valence electrons. The minimum absolute atomic E-state index is 0. The van der Waals surface area contributed by atoms with Gasteiger partial charge in [-0.25, -0.2) is 4.79 Å². The van der Waals surface area contributed by atoms with Crippen molar-refractivity contribution in [3.05, 3.63) is 35.9 Å². The van der Waals surface area contributed by atoms with Gasteiger partial charge in [-0.3, -0.25) is 0 Å². The van der Waals surface area contributed by atoms with E-state index in [2.05, 4.69) is 10.6 Å². The Morgan fingerprint density at radius 3 is 2.50 bits per heavy atom. The number of amides is 2. The standard InChI is InChI=1S/C11H17N3O.ClH/c12-7-4-8-13-11(15)14-9-10-5-2-1-3-6-10;/h1-3,5-6H,4,7-9,12H2,(H2,13,14,15);1H. The van der Waals surface area contributed by atoms with Crippen LogP contribution in [0.15, 0.2) is 30.3 Å². The summed E-state index contributed by atoms with van der Waals surface area (Å²) in [6.45, 7) is 1.77. The van der Waals surface area contributed by atoms with E-state index in [0.29, 0.717) is 19.6 Å². The number of halogens is 1. The maximum Gasteiger partial charge on any atom is 0.315 e. The summed E-state index contributed by atoms with van der Waals surface area (Å²) in [5.74, 6) is 0. The number of hydrogen-bond donors (Lipinski definition) is 3. The summed E-state index contributed by atoms with van der Waals surface area (Å²) in [6.07, 6.45) is 0.804. The molecule has 16 heavy (non-hydrogen) atoms. The van der Waals surface area contributed by atoms with Crippen LogP contribution in [0.5, 0.6) is 0 Å². The van der Waals surface area contributed by atoms with Crippen molar-refractivity contribution in [2.75, 3.05) is 13.1 Å². The van der Waals surface area contributed by atoms with E-state index in [0.717, 1.165) is 12.0 Å². The Morgan fingerprint density at radius 2 is 1.88 bits per heavy atom. The first kappa shape index (κ1) is 14.7. The number of nitrogens with two attached hydrogens (primary N) is 1. The number of carbonyl (C=O) groups excluding carboxylic acids is 1. The van der Waals surface area contributed by atoms with Gasteiger partial charge < -0.3 is 16.4 Å². The van der Waals surface area contributed by atoms with E-state index in [1.54, 1.807) is 0 Å². The molecule has 2 amide bonds. The van der Waals surface area contributed by atoms with Gasteiger partial charge in [0.25, 0.3) is 0 Å². The molecule has 0 aliphatic heterocycles. The fourth-order valence-corrected chi connectivity index (χ4v) is 1.14. The molecule has 4 N–H and O–H groups in total. The van der Waals surface area contributed by atoms with Crippen LogP contribution < -0.4 is 16.4 Å². The molecule has 0 radical (unpaired) electrons. The van der Waals surface area contributed by atoms with Crippen LogP contribution in [0.2, 0.25) is 0 Å². The van der Waals surface area contributed by atoms with Gasteiger partial charge in [-0.2, -0.15) is 0 Å². The van der Waals surface area contributed by atoms with E-state index in [1.807, 2.05) is 30.3 Å². The highest BCUT2D eigenvalue weighted by atomic mass is 35.5. The lowest BCUT2D eigenvalue weighted by molar-refractivity contribution is 0.240. The fraction of sp³-hybridized carbons (Fsp3) is 0.364. The van der Waals surface area contributed by atoms with Crippen molar-refractivity contribution >= 4 is 18.4 Å². The molecule has 4 nitrogen and oxygen atoms in total. The molecule has 0 fully saturated rings. The van der Waals surface area contributed by atoms with Crippen LogP contribution >= 0.6 is 12.4 Å². The smallest absolute Gasteiger partial charge is 0.315 e. The predicted octanol–water partition coefficient (Wildman–Crippen LogP) is 1.26. The van der Waals surface area contributed by atoms with E-state index in [1.165, 1.54) is 0 Å². The molecule has 0 spiro atoms. The van der Waals surface area contributed by atoms with Gasteiger partial charge in [0.2, 0.25) is 0 Å². The molecule has 0 aliphatic carbocycles. The summed E-state index contributed by atoms with van der Waals surface area (Å²) in [4.78, 5) is 11.2. The molecular formula is C11H18ClN3O.